The molecule has 23 heavy (non-hydrogen) atoms. The molecule has 3 N–H and O–H groups in total. The van der Waals surface area contributed by atoms with E-state index < -0.39 is 14.9 Å². The first-order valence-corrected chi connectivity index (χ1v) is 8.19. The summed E-state index contributed by atoms with van der Waals surface area (Å²) in [5.41, 5.74) is 0.887. The van der Waals surface area contributed by atoms with Crippen LogP contribution in [0.15, 0.2) is 59.5 Å². The van der Waals surface area contributed by atoms with Crippen molar-refractivity contribution in [2.45, 2.75) is 4.90 Å². The molecule has 120 valence electrons. The molecule has 0 saturated heterocycles. The van der Waals surface area contributed by atoms with Crippen LogP contribution in [-0.4, -0.2) is 19.9 Å². The van der Waals surface area contributed by atoms with Crippen LogP contribution < -0.4 is 10.5 Å². The lowest BCUT2D eigenvalue weighted by atomic mass is 10.2. The Hall–Kier alpha value is -2.71. The molecule has 0 unspecified atom stereocenters. The number of sulfonamides is 1. The average Bonchev–Trinajstić information content (AvgIpc) is 2.51. The van der Waals surface area contributed by atoms with E-state index >= 15 is 0 Å². The largest absolute Gasteiger partial charge is 0.376 e. The first-order chi connectivity index (χ1) is 10.9. The van der Waals surface area contributed by atoms with Crippen molar-refractivity contribution in [2.24, 2.45) is 5.14 Å². The summed E-state index contributed by atoms with van der Waals surface area (Å²) in [4.78, 5) is 10.1. The lowest BCUT2D eigenvalue weighted by Gasteiger charge is -2.06. The van der Waals surface area contributed by atoms with Crippen LogP contribution in [0.4, 0.5) is 11.4 Å². The van der Waals surface area contributed by atoms with Gasteiger partial charge in [0, 0.05) is 12.6 Å². The molecule has 0 atom stereocenters. The molecule has 8 heteroatoms. The summed E-state index contributed by atoms with van der Waals surface area (Å²) in [5.74, 6) is 0. The van der Waals surface area contributed by atoms with Gasteiger partial charge in [-0.3, -0.25) is 10.1 Å². The van der Waals surface area contributed by atoms with Crippen LogP contribution in [0.25, 0.3) is 6.08 Å². The highest BCUT2D eigenvalue weighted by Gasteiger charge is 2.18. The van der Waals surface area contributed by atoms with Gasteiger partial charge in [-0.25, -0.2) is 13.6 Å². The van der Waals surface area contributed by atoms with Crippen LogP contribution in [0.1, 0.15) is 5.56 Å². The number of nitrogens with zero attached hydrogens (tertiary/aromatic N) is 1. The third-order valence-electron chi connectivity index (χ3n) is 3.01. The predicted octanol–water partition coefficient (Wildman–Crippen LogP) is 2.37. The number of hydrogen-bond acceptors (Lipinski definition) is 5. The summed E-state index contributed by atoms with van der Waals surface area (Å²) in [5, 5.41) is 18.9. The zero-order valence-electron chi connectivity index (χ0n) is 12.0. The third-order valence-corrected chi connectivity index (χ3v) is 3.93. The fourth-order valence-electron chi connectivity index (χ4n) is 1.92. The van der Waals surface area contributed by atoms with E-state index in [1.807, 2.05) is 42.5 Å². The number of rotatable bonds is 6. The zero-order valence-corrected chi connectivity index (χ0v) is 12.9. The first kappa shape index (κ1) is 16.7. The quantitative estimate of drug-likeness (QED) is 0.622. The Morgan fingerprint density at radius 2 is 1.87 bits per heavy atom. The Morgan fingerprint density at radius 1 is 1.17 bits per heavy atom. The highest BCUT2D eigenvalue weighted by molar-refractivity contribution is 7.89. The molecular weight excluding hydrogens is 318 g/mol. The molecule has 2 aromatic carbocycles. The van der Waals surface area contributed by atoms with Gasteiger partial charge in [-0.2, -0.15) is 0 Å². The maximum absolute atomic E-state index is 11.3. The Balaban J connectivity index is 2.13. The van der Waals surface area contributed by atoms with Crippen molar-refractivity contribution >= 4 is 27.5 Å². The SMILES string of the molecule is NS(=O)(=O)c1ccc(NC/C=C/c2ccccc2)c([N+](=O)[O-])c1. The predicted molar refractivity (Wildman–Crippen MR) is 88.4 cm³/mol. The van der Waals surface area contributed by atoms with Crippen molar-refractivity contribution in [3.05, 3.63) is 70.3 Å². The highest BCUT2D eigenvalue weighted by Crippen LogP contribution is 2.26. The molecule has 0 fully saturated rings. The minimum atomic E-state index is -3.98. The average molecular weight is 333 g/mol. The molecule has 0 aromatic heterocycles. The number of nitrogens with two attached hydrogens (primary N) is 1. The van der Waals surface area contributed by atoms with Crippen LogP contribution in [-0.2, 0) is 10.0 Å². The van der Waals surface area contributed by atoms with Crippen LogP contribution in [0.3, 0.4) is 0 Å². The monoisotopic (exact) mass is 333 g/mol. The fourth-order valence-corrected chi connectivity index (χ4v) is 2.45. The molecule has 0 saturated carbocycles. The van der Waals surface area contributed by atoms with Crippen LogP contribution in [0.2, 0.25) is 0 Å². The number of nitro benzene ring substituents is 1. The molecule has 0 bridgehead atoms. The minimum absolute atomic E-state index is 0.222. The minimum Gasteiger partial charge on any atom is -0.376 e. The van der Waals surface area contributed by atoms with Crippen molar-refractivity contribution in [1.82, 2.24) is 0 Å². The van der Waals surface area contributed by atoms with E-state index in [0.29, 0.717) is 6.54 Å². The summed E-state index contributed by atoms with van der Waals surface area (Å²) in [6, 6.07) is 13.1. The lowest BCUT2D eigenvalue weighted by molar-refractivity contribution is -0.384. The topological polar surface area (TPSA) is 115 Å². The Morgan fingerprint density at radius 3 is 2.48 bits per heavy atom. The molecule has 0 aliphatic carbocycles. The molecule has 0 aliphatic rings. The maximum atomic E-state index is 11.3. The van der Waals surface area contributed by atoms with Gasteiger partial charge in [-0.15, -0.1) is 0 Å². The van der Waals surface area contributed by atoms with Gasteiger partial charge in [-0.05, 0) is 17.7 Å². The Labute approximate surface area is 133 Å². The Bertz CT molecular complexity index is 833. The van der Waals surface area contributed by atoms with E-state index in [2.05, 4.69) is 5.32 Å². The van der Waals surface area contributed by atoms with Gasteiger partial charge in [-0.1, -0.05) is 42.5 Å². The van der Waals surface area contributed by atoms with E-state index in [1.54, 1.807) is 0 Å². The summed E-state index contributed by atoms with van der Waals surface area (Å²) >= 11 is 0. The lowest BCUT2D eigenvalue weighted by Crippen LogP contribution is -2.13. The van der Waals surface area contributed by atoms with E-state index in [-0.39, 0.29) is 16.3 Å². The van der Waals surface area contributed by atoms with Gasteiger partial charge < -0.3 is 5.32 Å². The molecule has 0 radical (unpaired) electrons. The molecule has 0 amide bonds. The van der Waals surface area contributed by atoms with E-state index in [4.69, 9.17) is 5.14 Å². The Kier molecular flexibility index (Phi) is 5.09. The van der Waals surface area contributed by atoms with Crippen LogP contribution in [0.5, 0.6) is 0 Å². The van der Waals surface area contributed by atoms with E-state index in [1.165, 1.54) is 12.1 Å². The van der Waals surface area contributed by atoms with Crippen molar-refractivity contribution in [2.75, 3.05) is 11.9 Å². The number of hydrogen-bond donors (Lipinski definition) is 2. The maximum Gasteiger partial charge on any atom is 0.293 e. The first-order valence-electron chi connectivity index (χ1n) is 6.64. The van der Waals surface area contributed by atoms with Crippen LogP contribution >= 0.6 is 0 Å². The summed E-state index contributed by atoms with van der Waals surface area (Å²) in [6.07, 6.45) is 3.68. The second-order valence-corrected chi connectivity index (χ2v) is 6.24. The van der Waals surface area contributed by atoms with Crippen molar-refractivity contribution in [3.8, 4) is 0 Å². The number of benzene rings is 2. The van der Waals surface area contributed by atoms with Crippen molar-refractivity contribution in [3.63, 3.8) is 0 Å². The van der Waals surface area contributed by atoms with Gasteiger partial charge in [0.1, 0.15) is 5.69 Å². The number of nitrogens with one attached hydrogen (secondary N) is 1. The standard InChI is InChI=1S/C15H15N3O4S/c16-23(21,22)13-8-9-14(15(11-13)18(19)20)17-10-4-7-12-5-2-1-3-6-12/h1-9,11,17H,10H2,(H2,16,21,22)/b7-4+. The molecule has 2 aromatic rings. The van der Waals surface area contributed by atoms with Gasteiger partial charge in [0.2, 0.25) is 10.0 Å². The fraction of sp³-hybridized carbons (Fsp3) is 0.0667. The van der Waals surface area contributed by atoms with Gasteiger partial charge in [0.05, 0.1) is 9.82 Å². The van der Waals surface area contributed by atoms with Crippen molar-refractivity contribution < 1.29 is 13.3 Å². The molecule has 7 nitrogen and oxygen atoms in total. The molecular formula is C15H15N3O4S. The summed E-state index contributed by atoms with van der Waals surface area (Å²) < 4.78 is 22.5. The number of nitro groups is 1. The van der Waals surface area contributed by atoms with E-state index in [0.717, 1.165) is 11.6 Å². The van der Waals surface area contributed by atoms with Crippen molar-refractivity contribution in [1.29, 1.82) is 0 Å². The van der Waals surface area contributed by atoms with Gasteiger partial charge in [0.25, 0.3) is 5.69 Å². The van der Waals surface area contributed by atoms with Gasteiger partial charge in [0.15, 0.2) is 0 Å². The van der Waals surface area contributed by atoms with E-state index in [9.17, 15) is 18.5 Å². The number of anilines is 1. The summed E-state index contributed by atoms with van der Waals surface area (Å²) in [6.45, 7) is 0.352. The molecule has 0 spiro atoms. The highest BCUT2D eigenvalue weighted by atomic mass is 32.2. The normalized spacial score (nSPS) is 11.5. The molecule has 0 aliphatic heterocycles. The number of primary sulfonamides is 1. The third kappa shape index (κ3) is 4.63. The van der Waals surface area contributed by atoms with Gasteiger partial charge >= 0.3 is 0 Å². The molecule has 2 rings (SSSR count). The van der Waals surface area contributed by atoms with Crippen LogP contribution in [0, 0.1) is 10.1 Å². The molecule has 0 heterocycles. The second-order valence-electron chi connectivity index (χ2n) is 4.68. The smallest absolute Gasteiger partial charge is 0.293 e. The zero-order chi connectivity index (χ0) is 16.9. The second kappa shape index (κ2) is 7.03. The summed E-state index contributed by atoms with van der Waals surface area (Å²) in [7, 11) is -3.98.